The van der Waals surface area contributed by atoms with Crippen LogP contribution in [0.15, 0.2) is 0 Å². The molecule has 6 heteroatoms. The van der Waals surface area contributed by atoms with Crippen LogP contribution in [0.3, 0.4) is 0 Å². The third-order valence-corrected chi connectivity index (χ3v) is 8.80. The van der Waals surface area contributed by atoms with Crippen molar-refractivity contribution in [3.63, 3.8) is 0 Å². The molecule has 192 valence electrons. The second-order valence-electron chi connectivity index (χ2n) is 10.8. The standard InChI is InChI=1S/C27H50N2O4/c1-20(2)27(19-28,22-10-12-24(31-5)26(18-22)33-7)14-8-15-29(3)16-13-21-9-11-23(30-4)25(17-21)32-6/h20-26H,8-18H2,1-7H3. The molecule has 7 atom stereocenters. The number of rotatable bonds is 13. The molecule has 2 aliphatic carbocycles. The van der Waals surface area contributed by atoms with Crippen molar-refractivity contribution < 1.29 is 18.9 Å². The molecule has 0 N–H and O–H groups in total. The lowest BCUT2D eigenvalue weighted by atomic mass is 9.61. The number of methoxy groups -OCH3 is 4. The molecule has 0 bridgehead atoms. The lowest BCUT2D eigenvalue weighted by molar-refractivity contribution is -0.0878. The molecule has 2 rings (SSSR count). The Balaban J connectivity index is 1.84. The number of nitriles is 1. The smallest absolute Gasteiger partial charge is 0.0835 e. The van der Waals surface area contributed by atoms with E-state index in [-0.39, 0.29) is 29.8 Å². The van der Waals surface area contributed by atoms with E-state index in [0.717, 1.165) is 58.0 Å². The van der Waals surface area contributed by atoms with Crippen molar-refractivity contribution in [3.8, 4) is 6.07 Å². The third-order valence-electron chi connectivity index (χ3n) is 8.80. The molecular weight excluding hydrogens is 416 g/mol. The summed E-state index contributed by atoms with van der Waals surface area (Å²) in [6, 6.07) is 2.80. The van der Waals surface area contributed by atoms with Crippen LogP contribution in [0.25, 0.3) is 0 Å². The number of ether oxygens (including phenoxy) is 4. The first-order valence-electron chi connectivity index (χ1n) is 13.1. The van der Waals surface area contributed by atoms with Crippen molar-refractivity contribution in [1.29, 1.82) is 5.26 Å². The van der Waals surface area contributed by atoms with Crippen LogP contribution in [0.4, 0.5) is 0 Å². The highest BCUT2D eigenvalue weighted by molar-refractivity contribution is 5.07. The summed E-state index contributed by atoms with van der Waals surface area (Å²) in [4.78, 5) is 2.45. The van der Waals surface area contributed by atoms with E-state index in [1.165, 1.54) is 12.8 Å². The molecule has 0 amide bonds. The van der Waals surface area contributed by atoms with E-state index in [2.05, 4.69) is 31.9 Å². The lowest BCUT2D eigenvalue weighted by Gasteiger charge is -2.44. The summed E-state index contributed by atoms with van der Waals surface area (Å²) in [7, 11) is 9.36. The monoisotopic (exact) mass is 466 g/mol. The fourth-order valence-corrected chi connectivity index (χ4v) is 6.45. The van der Waals surface area contributed by atoms with Gasteiger partial charge in [-0.25, -0.2) is 0 Å². The van der Waals surface area contributed by atoms with Crippen LogP contribution in [0, 0.1) is 34.5 Å². The van der Waals surface area contributed by atoms with Gasteiger partial charge in [0.05, 0.1) is 35.9 Å². The summed E-state index contributed by atoms with van der Waals surface area (Å²) in [5, 5.41) is 10.4. The maximum atomic E-state index is 10.4. The Labute approximate surface area is 203 Å². The van der Waals surface area contributed by atoms with E-state index in [4.69, 9.17) is 18.9 Å². The molecule has 2 fully saturated rings. The van der Waals surface area contributed by atoms with Gasteiger partial charge in [0.1, 0.15) is 0 Å². The fourth-order valence-electron chi connectivity index (χ4n) is 6.45. The number of hydrogen-bond acceptors (Lipinski definition) is 6. The molecule has 2 aliphatic rings. The second-order valence-corrected chi connectivity index (χ2v) is 10.8. The van der Waals surface area contributed by atoms with E-state index >= 15 is 0 Å². The molecule has 0 spiro atoms. The summed E-state index contributed by atoms with van der Waals surface area (Å²) in [5.41, 5.74) is -0.291. The molecule has 0 aliphatic heterocycles. The van der Waals surface area contributed by atoms with Crippen molar-refractivity contribution in [3.05, 3.63) is 0 Å². The first-order chi connectivity index (χ1) is 15.8. The topological polar surface area (TPSA) is 64.0 Å². The van der Waals surface area contributed by atoms with Crippen LogP contribution in [-0.2, 0) is 18.9 Å². The van der Waals surface area contributed by atoms with Crippen molar-refractivity contribution in [2.45, 2.75) is 96.1 Å². The Kier molecular flexibility index (Phi) is 12.1. The highest BCUT2D eigenvalue weighted by Gasteiger charge is 2.45. The summed E-state index contributed by atoms with van der Waals surface area (Å²) in [6.45, 7) is 6.59. The molecule has 6 nitrogen and oxygen atoms in total. The van der Waals surface area contributed by atoms with Crippen LogP contribution in [0.2, 0.25) is 0 Å². The van der Waals surface area contributed by atoms with Crippen molar-refractivity contribution >= 4 is 0 Å². The zero-order chi connectivity index (χ0) is 24.4. The van der Waals surface area contributed by atoms with E-state index in [1.54, 1.807) is 28.4 Å². The molecule has 0 saturated heterocycles. The maximum Gasteiger partial charge on any atom is 0.0835 e. The molecule has 7 unspecified atom stereocenters. The minimum absolute atomic E-state index is 0.0898. The van der Waals surface area contributed by atoms with Crippen LogP contribution < -0.4 is 0 Å². The SMILES string of the molecule is COC1CCC(CCN(C)CCCC(C#N)(C(C)C)C2CCC(OC)C(OC)C2)CC1OC. The number of nitrogens with zero attached hydrogens (tertiary/aromatic N) is 2. The molecule has 0 aromatic carbocycles. The highest BCUT2D eigenvalue weighted by atomic mass is 16.5. The van der Waals surface area contributed by atoms with Gasteiger partial charge < -0.3 is 23.8 Å². The zero-order valence-corrected chi connectivity index (χ0v) is 22.3. The first-order valence-corrected chi connectivity index (χ1v) is 13.1. The Morgan fingerprint density at radius 2 is 1.42 bits per heavy atom. The van der Waals surface area contributed by atoms with Gasteiger partial charge in [-0.05, 0) is 95.7 Å². The van der Waals surface area contributed by atoms with Gasteiger partial charge in [-0.3, -0.25) is 0 Å². The Morgan fingerprint density at radius 3 is 1.97 bits per heavy atom. The third kappa shape index (κ3) is 7.39. The van der Waals surface area contributed by atoms with Crippen LogP contribution in [-0.4, -0.2) is 77.9 Å². The molecule has 0 aromatic heterocycles. The predicted octanol–water partition coefficient (Wildman–Crippen LogP) is 4.91. The lowest BCUT2D eigenvalue weighted by Crippen LogP contribution is -2.44. The van der Waals surface area contributed by atoms with Gasteiger partial charge in [-0.1, -0.05) is 13.8 Å². The molecule has 0 radical (unpaired) electrons. The van der Waals surface area contributed by atoms with E-state index < -0.39 is 0 Å². The van der Waals surface area contributed by atoms with E-state index in [9.17, 15) is 5.26 Å². The summed E-state index contributed by atoms with van der Waals surface area (Å²) >= 11 is 0. The van der Waals surface area contributed by atoms with Gasteiger partial charge in [-0.2, -0.15) is 5.26 Å². The predicted molar refractivity (Wildman–Crippen MR) is 132 cm³/mol. The molecule has 0 aromatic rings. The Morgan fingerprint density at radius 1 is 0.848 bits per heavy atom. The van der Waals surface area contributed by atoms with E-state index in [0.29, 0.717) is 17.8 Å². The van der Waals surface area contributed by atoms with Crippen molar-refractivity contribution in [2.75, 3.05) is 48.6 Å². The molecule has 0 heterocycles. The van der Waals surface area contributed by atoms with Gasteiger partial charge >= 0.3 is 0 Å². The average molecular weight is 467 g/mol. The maximum absolute atomic E-state index is 10.4. The Bertz CT molecular complexity index is 595. The van der Waals surface area contributed by atoms with Gasteiger partial charge in [-0.15, -0.1) is 0 Å². The van der Waals surface area contributed by atoms with Crippen LogP contribution in [0.5, 0.6) is 0 Å². The van der Waals surface area contributed by atoms with Gasteiger partial charge in [0.2, 0.25) is 0 Å². The van der Waals surface area contributed by atoms with Crippen LogP contribution in [0.1, 0.15) is 71.6 Å². The summed E-state index contributed by atoms with van der Waals surface area (Å²) < 4.78 is 22.6. The second kappa shape index (κ2) is 14.0. The largest absolute Gasteiger partial charge is 0.379 e. The summed E-state index contributed by atoms with van der Waals surface area (Å²) in [6.07, 6.45) is 10.3. The van der Waals surface area contributed by atoms with E-state index in [1.807, 2.05) is 0 Å². The zero-order valence-electron chi connectivity index (χ0n) is 22.3. The fraction of sp³-hybridized carbons (Fsp3) is 0.963. The summed E-state index contributed by atoms with van der Waals surface area (Å²) in [5.74, 6) is 1.40. The minimum Gasteiger partial charge on any atom is -0.379 e. The van der Waals surface area contributed by atoms with Crippen molar-refractivity contribution in [2.24, 2.45) is 23.2 Å². The van der Waals surface area contributed by atoms with Gasteiger partial charge in [0, 0.05) is 28.4 Å². The highest BCUT2D eigenvalue weighted by Crippen LogP contribution is 2.47. The minimum atomic E-state index is -0.291. The Hall–Kier alpha value is -0.710. The van der Waals surface area contributed by atoms with Gasteiger partial charge in [0.25, 0.3) is 0 Å². The van der Waals surface area contributed by atoms with Crippen molar-refractivity contribution in [1.82, 2.24) is 4.90 Å². The van der Waals surface area contributed by atoms with Gasteiger partial charge in [0.15, 0.2) is 0 Å². The normalized spacial score (nSPS) is 32.6. The van der Waals surface area contributed by atoms with Crippen LogP contribution >= 0.6 is 0 Å². The average Bonchev–Trinajstić information content (AvgIpc) is 2.84. The number of hydrogen-bond donors (Lipinski definition) is 0. The molecule has 33 heavy (non-hydrogen) atoms. The quantitative estimate of drug-likeness (QED) is 0.384. The first kappa shape index (κ1) is 28.5. The molecule has 2 saturated carbocycles. The molecular formula is C27H50N2O4.